The highest BCUT2D eigenvalue weighted by atomic mass is 32.1. The van der Waals surface area contributed by atoms with E-state index in [1.54, 1.807) is 0 Å². The Labute approximate surface area is 168 Å². The molecule has 0 aliphatic heterocycles. The zero-order chi connectivity index (χ0) is 19.7. The van der Waals surface area contributed by atoms with Gasteiger partial charge >= 0.3 is 6.09 Å². The van der Waals surface area contributed by atoms with Crippen molar-refractivity contribution in [3.63, 3.8) is 0 Å². The minimum atomic E-state index is -0.829. The third-order valence-electron chi connectivity index (χ3n) is 4.51. The topological polar surface area (TPSA) is 97.4 Å². The molecular formula is C19H17N3O4S2. The highest BCUT2D eigenvalue weighted by molar-refractivity contribution is 7.20. The Morgan fingerprint density at radius 3 is 2.64 bits per heavy atom. The number of fused-ring (bicyclic) bond motifs is 2. The van der Waals surface area contributed by atoms with Crippen molar-refractivity contribution in [1.82, 2.24) is 10.3 Å². The molecule has 0 spiro atoms. The van der Waals surface area contributed by atoms with Crippen molar-refractivity contribution in [3.05, 3.63) is 45.3 Å². The number of aryl methyl sites for hydroxylation is 1. The van der Waals surface area contributed by atoms with Gasteiger partial charge in [0.05, 0.1) is 22.9 Å². The van der Waals surface area contributed by atoms with Gasteiger partial charge in [-0.3, -0.25) is 14.9 Å². The summed E-state index contributed by atoms with van der Waals surface area (Å²) in [5.41, 5.74) is 2.00. The zero-order valence-corrected chi connectivity index (χ0v) is 16.7. The Morgan fingerprint density at radius 2 is 1.86 bits per heavy atom. The van der Waals surface area contributed by atoms with E-state index in [1.165, 1.54) is 29.8 Å². The van der Waals surface area contributed by atoms with Gasteiger partial charge in [0.25, 0.3) is 11.8 Å². The van der Waals surface area contributed by atoms with E-state index in [0.717, 1.165) is 46.3 Å². The summed E-state index contributed by atoms with van der Waals surface area (Å²) in [5.74, 6) is -0.933. The number of carbonyl (C=O) groups is 3. The van der Waals surface area contributed by atoms with Crippen molar-refractivity contribution in [1.29, 1.82) is 0 Å². The van der Waals surface area contributed by atoms with Crippen LogP contribution in [0.3, 0.4) is 0 Å². The second kappa shape index (κ2) is 7.69. The lowest BCUT2D eigenvalue weighted by molar-refractivity contribution is 0.0937. The van der Waals surface area contributed by atoms with Crippen molar-refractivity contribution in [3.8, 4) is 0 Å². The number of thiophene rings is 1. The summed E-state index contributed by atoms with van der Waals surface area (Å²) in [6.07, 6.45) is 2.77. The first kappa shape index (κ1) is 18.6. The second-order valence-corrected chi connectivity index (χ2v) is 8.44. The van der Waals surface area contributed by atoms with Gasteiger partial charge in [-0.2, -0.15) is 0 Å². The van der Waals surface area contributed by atoms with E-state index in [2.05, 4.69) is 20.4 Å². The fraction of sp³-hybridized carbons (Fsp3) is 0.263. The van der Waals surface area contributed by atoms with Crippen LogP contribution in [0.15, 0.2) is 24.3 Å². The van der Waals surface area contributed by atoms with Crippen LogP contribution >= 0.6 is 22.7 Å². The summed E-state index contributed by atoms with van der Waals surface area (Å²) in [6, 6.07) is 7.52. The van der Waals surface area contributed by atoms with Crippen LogP contribution in [-0.2, 0) is 17.6 Å². The van der Waals surface area contributed by atoms with E-state index >= 15 is 0 Å². The van der Waals surface area contributed by atoms with Gasteiger partial charge in [0, 0.05) is 4.88 Å². The number of ether oxygens (including phenoxy) is 1. The summed E-state index contributed by atoms with van der Waals surface area (Å²) < 4.78 is 5.44. The highest BCUT2D eigenvalue weighted by Gasteiger charge is 2.28. The number of alkyl carbamates (subject to hydrolysis) is 1. The number of para-hydroxylation sites is 1. The van der Waals surface area contributed by atoms with E-state index in [9.17, 15) is 14.4 Å². The smallest absolute Gasteiger partial charge is 0.413 e. The molecule has 144 valence electrons. The van der Waals surface area contributed by atoms with Crippen LogP contribution in [-0.4, -0.2) is 30.0 Å². The number of carbonyl (C=O) groups excluding carboxylic acids is 3. The number of hydrogen-bond donors (Lipinski definition) is 2. The first-order chi connectivity index (χ1) is 13.6. The van der Waals surface area contributed by atoms with Crippen molar-refractivity contribution in [2.24, 2.45) is 0 Å². The molecule has 4 rings (SSSR count). The molecule has 0 unspecified atom stereocenters. The number of aromatic nitrogens is 1. The molecule has 1 aromatic carbocycles. The van der Waals surface area contributed by atoms with Crippen LogP contribution in [0.4, 0.5) is 9.80 Å². The molecule has 0 saturated carbocycles. The number of imide groups is 1. The Balaban J connectivity index is 1.66. The van der Waals surface area contributed by atoms with Crippen LogP contribution in [0.25, 0.3) is 10.2 Å². The van der Waals surface area contributed by atoms with Gasteiger partial charge in [0.2, 0.25) is 0 Å². The molecule has 1 aliphatic rings. The molecule has 2 heterocycles. The third kappa shape index (κ3) is 3.50. The van der Waals surface area contributed by atoms with E-state index in [1.807, 2.05) is 24.3 Å². The van der Waals surface area contributed by atoms with Crippen LogP contribution in [0.5, 0.6) is 0 Å². The van der Waals surface area contributed by atoms with Crippen molar-refractivity contribution in [2.45, 2.75) is 25.7 Å². The van der Waals surface area contributed by atoms with Gasteiger partial charge in [-0.15, -0.1) is 22.7 Å². The van der Waals surface area contributed by atoms with Crippen molar-refractivity contribution in [2.75, 3.05) is 12.4 Å². The molecule has 0 radical (unpaired) electrons. The van der Waals surface area contributed by atoms with Gasteiger partial charge < -0.3 is 10.1 Å². The van der Waals surface area contributed by atoms with E-state index in [0.29, 0.717) is 15.6 Å². The van der Waals surface area contributed by atoms with Crippen LogP contribution in [0, 0.1) is 0 Å². The lowest BCUT2D eigenvalue weighted by Crippen LogP contribution is -2.31. The number of anilines is 1. The summed E-state index contributed by atoms with van der Waals surface area (Å²) in [5, 5.41) is 5.80. The standard InChI is InChI=1S/C19H17N3O4S2/c1-26-19(25)22-15(23)14-10-6-2-4-8-12(10)27-17(14)21-16(24)18-20-11-7-3-5-9-13(11)28-18/h3,5,7,9H,2,4,6,8H2,1H3,(H,21,24)(H,22,23,25). The number of amides is 3. The quantitative estimate of drug-likeness (QED) is 0.674. The molecular weight excluding hydrogens is 398 g/mol. The molecule has 28 heavy (non-hydrogen) atoms. The lowest BCUT2D eigenvalue weighted by Gasteiger charge is -2.12. The Kier molecular flexibility index (Phi) is 5.10. The molecule has 3 amide bonds. The van der Waals surface area contributed by atoms with Crippen LogP contribution < -0.4 is 10.6 Å². The summed E-state index contributed by atoms with van der Waals surface area (Å²) >= 11 is 2.68. The second-order valence-electron chi connectivity index (χ2n) is 6.30. The normalized spacial score (nSPS) is 13.0. The van der Waals surface area contributed by atoms with Crippen molar-refractivity contribution >= 4 is 55.8 Å². The monoisotopic (exact) mass is 415 g/mol. The largest absolute Gasteiger partial charge is 0.453 e. The average Bonchev–Trinajstić information content (AvgIpc) is 3.28. The lowest BCUT2D eigenvalue weighted by atomic mass is 9.95. The minimum Gasteiger partial charge on any atom is -0.453 e. The fourth-order valence-corrected chi connectivity index (χ4v) is 5.37. The van der Waals surface area contributed by atoms with Gasteiger partial charge in [-0.1, -0.05) is 12.1 Å². The molecule has 1 aliphatic carbocycles. The molecule has 7 nitrogen and oxygen atoms in total. The first-order valence-corrected chi connectivity index (χ1v) is 10.4. The first-order valence-electron chi connectivity index (χ1n) is 8.77. The van der Waals surface area contributed by atoms with E-state index < -0.39 is 12.0 Å². The molecule has 2 aromatic heterocycles. The van der Waals surface area contributed by atoms with Gasteiger partial charge in [-0.25, -0.2) is 9.78 Å². The maximum atomic E-state index is 12.8. The maximum absolute atomic E-state index is 12.8. The summed E-state index contributed by atoms with van der Waals surface area (Å²) in [7, 11) is 1.20. The number of thiazole rings is 1. The highest BCUT2D eigenvalue weighted by Crippen LogP contribution is 2.38. The van der Waals surface area contributed by atoms with Crippen LogP contribution in [0.1, 0.15) is 43.4 Å². The number of methoxy groups -OCH3 is 1. The molecule has 0 fully saturated rings. The zero-order valence-electron chi connectivity index (χ0n) is 15.0. The third-order valence-corrected chi connectivity index (χ3v) is 6.76. The number of nitrogens with one attached hydrogen (secondary N) is 2. The molecule has 0 saturated heterocycles. The Hall–Kier alpha value is -2.78. The molecule has 0 bridgehead atoms. The average molecular weight is 415 g/mol. The fourth-order valence-electron chi connectivity index (χ4n) is 3.23. The predicted octanol–water partition coefficient (Wildman–Crippen LogP) is 3.99. The Bertz CT molecular complexity index is 1050. The van der Waals surface area contributed by atoms with E-state index in [4.69, 9.17) is 0 Å². The van der Waals surface area contributed by atoms with Crippen LogP contribution in [0.2, 0.25) is 0 Å². The molecule has 9 heteroatoms. The van der Waals surface area contributed by atoms with Crippen molar-refractivity contribution < 1.29 is 19.1 Å². The summed E-state index contributed by atoms with van der Waals surface area (Å²) in [6.45, 7) is 0. The number of rotatable bonds is 3. The SMILES string of the molecule is COC(=O)NC(=O)c1c(NC(=O)c2nc3ccccc3s2)sc2c1CCCC2. The summed E-state index contributed by atoms with van der Waals surface area (Å²) in [4.78, 5) is 42.4. The van der Waals surface area contributed by atoms with E-state index in [-0.39, 0.29) is 5.91 Å². The number of nitrogens with zero attached hydrogens (tertiary/aromatic N) is 1. The van der Waals surface area contributed by atoms with Gasteiger partial charge in [0.1, 0.15) is 5.00 Å². The minimum absolute atomic E-state index is 0.326. The van der Waals surface area contributed by atoms with Gasteiger partial charge in [-0.05, 0) is 43.4 Å². The maximum Gasteiger partial charge on any atom is 0.413 e. The number of benzene rings is 1. The number of hydrogen-bond acceptors (Lipinski definition) is 7. The molecule has 3 aromatic rings. The predicted molar refractivity (Wildman–Crippen MR) is 108 cm³/mol. The Morgan fingerprint density at radius 1 is 1.07 bits per heavy atom. The molecule has 2 N–H and O–H groups in total. The molecule has 0 atom stereocenters. The van der Waals surface area contributed by atoms with Gasteiger partial charge in [0.15, 0.2) is 5.01 Å².